The quantitative estimate of drug-likeness (QED) is 0.857. The van der Waals surface area contributed by atoms with Gasteiger partial charge in [-0.25, -0.2) is 9.78 Å². The predicted molar refractivity (Wildman–Crippen MR) is 80.1 cm³/mol. The molecule has 0 aliphatic rings. The molecule has 0 spiro atoms. The third-order valence-corrected chi connectivity index (χ3v) is 4.43. The van der Waals surface area contributed by atoms with Crippen LogP contribution in [-0.4, -0.2) is 16.1 Å². The van der Waals surface area contributed by atoms with Crippen molar-refractivity contribution in [2.75, 3.05) is 0 Å². The molecule has 0 fully saturated rings. The number of carboxylic acid groups (broad SMARTS) is 1. The van der Waals surface area contributed by atoms with Gasteiger partial charge < -0.3 is 10.4 Å². The minimum absolute atomic E-state index is 0.194. The molecule has 2 N–H and O–H groups in total. The number of aromatic nitrogens is 1. The zero-order chi connectivity index (χ0) is 14.5. The first kappa shape index (κ1) is 14.7. The number of carboxylic acids is 1. The molecule has 1 atom stereocenters. The maximum Gasteiger partial charge on any atom is 0.335 e. The highest BCUT2D eigenvalue weighted by Crippen LogP contribution is 2.20. The molecular weight excluding hydrogens is 272 g/mol. The lowest BCUT2D eigenvalue weighted by molar-refractivity contribution is 0.0697. The van der Waals surface area contributed by atoms with E-state index in [0.717, 1.165) is 17.0 Å². The molecule has 1 unspecified atom stereocenters. The lowest BCUT2D eigenvalue weighted by Crippen LogP contribution is -2.17. The maximum atomic E-state index is 10.8. The molecule has 1 aromatic carbocycles. The van der Waals surface area contributed by atoms with Crippen LogP contribution < -0.4 is 5.32 Å². The second-order valence-corrected chi connectivity index (χ2v) is 5.77. The van der Waals surface area contributed by atoms with E-state index in [2.05, 4.69) is 24.1 Å². The van der Waals surface area contributed by atoms with Gasteiger partial charge in [0.15, 0.2) is 0 Å². The molecule has 0 bridgehead atoms. The Bertz CT molecular complexity index is 578. The molecule has 2 aromatic rings. The van der Waals surface area contributed by atoms with E-state index in [4.69, 9.17) is 5.11 Å². The van der Waals surface area contributed by atoms with E-state index in [1.54, 1.807) is 23.5 Å². The smallest absolute Gasteiger partial charge is 0.335 e. The average Bonchev–Trinajstić information content (AvgIpc) is 2.94. The number of aryl methyl sites for hydroxylation is 1. The normalized spacial score (nSPS) is 12.3. The van der Waals surface area contributed by atoms with Crippen LogP contribution in [0.3, 0.4) is 0 Å². The number of nitrogens with one attached hydrogen (secondary N) is 1. The number of benzene rings is 1. The van der Waals surface area contributed by atoms with Crippen LogP contribution in [0.4, 0.5) is 0 Å². The summed E-state index contributed by atoms with van der Waals surface area (Å²) in [7, 11) is 0. The van der Waals surface area contributed by atoms with E-state index in [1.807, 2.05) is 18.3 Å². The van der Waals surface area contributed by atoms with Crippen LogP contribution >= 0.6 is 11.3 Å². The number of hydrogen-bond donors (Lipinski definition) is 2. The zero-order valence-electron chi connectivity index (χ0n) is 11.6. The number of aromatic carboxylic acids is 1. The average molecular weight is 290 g/mol. The summed E-state index contributed by atoms with van der Waals surface area (Å²) in [5.41, 5.74) is 1.38. The Morgan fingerprint density at radius 2 is 2.10 bits per heavy atom. The van der Waals surface area contributed by atoms with Crippen LogP contribution in [0, 0.1) is 0 Å². The number of hydrogen-bond acceptors (Lipinski definition) is 4. The fourth-order valence-corrected chi connectivity index (χ4v) is 2.69. The molecule has 0 saturated carbocycles. The first-order valence-corrected chi connectivity index (χ1v) is 7.42. The van der Waals surface area contributed by atoms with Gasteiger partial charge in [-0.05, 0) is 31.0 Å². The summed E-state index contributed by atoms with van der Waals surface area (Å²) in [4.78, 5) is 16.5. The van der Waals surface area contributed by atoms with E-state index in [0.29, 0.717) is 12.1 Å². The first-order chi connectivity index (χ1) is 9.60. The molecule has 5 heteroatoms. The molecule has 0 saturated heterocycles. The molecular formula is C15H18N2O2S. The number of rotatable bonds is 6. The number of carbonyl (C=O) groups is 1. The highest BCUT2D eigenvalue weighted by molar-refractivity contribution is 7.11. The SMILES string of the molecule is CCc1cnc(C(C)NCc2ccc(C(=O)O)cc2)s1. The van der Waals surface area contributed by atoms with Crippen molar-refractivity contribution >= 4 is 17.3 Å². The Balaban J connectivity index is 1.92. The highest BCUT2D eigenvalue weighted by Gasteiger charge is 2.09. The summed E-state index contributed by atoms with van der Waals surface area (Å²) in [6.45, 7) is 4.91. The molecule has 0 radical (unpaired) electrons. The third-order valence-electron chi connectivity index (χ3n) is 3.10. The first-order valence-electron chi connectivity index (χ1n) is 6.60. The fourth-order valence-electron chi connectivity index (χ4n) is 1.81. The van der Waals surface area contributed by atoms with Crippen LogP contribution in [0.15, 0.2) is 30.5 Å². The van der Waals surface area contributed by atoms with Crippen molar-refractivity contribution in [2.24, 2.45) is 0 Å². The van der Waals surface area contributed by atoms with E-state index in [9.17, 15) is 4.79 Å². The molecule has 4 nitrogen and oxygen atoms in total. The van der Waals surface area contributed by atoms with Crippen molar-refractivity contribution in [1.29, 1.82) is 0 Å². The minimum Gasteiger partial charge on any atom is -0.478 e. The second-order valence-electron chi connectivity index (χ2n) is 4.62. The third kappa shape index (κ3) is 3.65. The van der Waals surface area contributed by atoms with Gasteiger partial charge in [-0.3, -0.25) is 0 Å². The van der Waals surface area contributed by atoms with Gasteiger partial charge in [-0.15, -0.1) is 11.3 Å². The van der Waals surface area contributed by atoms with Gasteiger partial charge >= 0.3 is 5.97 Å². The fraction of sp³-hybridized carbons (Fsp3) is 0.333. The Kier molecular flexibility index (Phi) is 4.87. The van der Waals surface area contributed by atoms with Crippen LogP contribution in [0.2, 0.25) is 0 Å². The molecule has 106 valence electrons. The molecule has 2 rings (SSSR count). The van der Waals surface area contributed by atoms with Gasteiger partial charge in [0.2, 0.25) is 0 Å². The second kappa shape index (κ2) is 6.63. The molecule has 0 aliphatic carbocycles. The summed E-state index contributed by atoms with van der Waals surface area (Å²) < 4.78 is 0. The van der Waals surface area contributed by atoms with Crippen molar-refractivity contribution in [3.63, 3.8) is 0 Å². The van der Waals surface area contributed by atoms with Gasteiger partial charge in [-0.1, -0.05) is 19.1 Å². The molecule has 20 heavy (non-hydrogen) atoms. The lowest BCUT2D eigenvalue weighted by Gasteiger charge is -2.11. The zero-order valence-corrected chi connectivity index (χ0v) is 12.4. The summed E-state index contributed by atoms with van der Waals surface area (Å²) in [6, 6.07) is 7.12. The number of nitrogens with zero attached hydrogens (tertiary/aromatic N) is 1. The van der Waals surface area contributed by atoms with Gasteiger partial charge in [0.05, 0.1) is 11.6 Å². The molecule has 0 aliphatic heterocycles. The van der Waals surface area contributed by atoms with Crippen molar-refractivity contribution < 1.29 is 9.90 Å². The van der Waals surface area contributed by atoms with Crippen molar-refractivity contribution in [3.05, 3.63) is 51.5 Å². The highest BCUT2D eigenvalue weighted by atomic mass is 32.1. The van der Waals surface area contributed by atoms with Crippen LogP contribution in [0.5, 0.6) is 0 Å². The van der Waals surface area contributed by atoms with E-state index >= 15 is 0 Å². The van der Waals surface area contributed by atoms with Gasteiger partial charge in [0.1, 0.15) is 5.01 Å². The Morgan fingerprint density at radius 3 is 2.65 bits per heavy atom. The standard InChI is InChI=1S/C15H18N2O2S/c1-3-13-9-17-14(20-13)10(2)16-8-11-4-6-12(7-5-11)15(18)19/h4-7,9-10,16H,3,8H2,1-2H3,(H,18,19). The number of thiazole rings is 1. The summed E-state index contributed by atoms with van der Waals surface area (Å²) >= 11 is 1.73. The summed E-state index contributed by atoms with van der Waals surface area (Å²) in [6.07, 6.45) is 2.95. The van der Waals surface area contributed by atoms with E-state index < -0.39 is 5.97 Å². The van der Waals surface area contributed by atoms with Crippen molar-refractivity contribution in [2.45, 2.75) is 32.9 Å². The summed E-state index contributed by atoms with van der Waals surface area (Å²) in [5.74, 6) is -0.896. The Labute approximate surface area is 122 Å². The Hall–Kier alpha value is -1.72. The topological polar surface area (TPSA) is 62.2 Å². The monoisotopic (exact) mass is 290 g/mol. The van der Waals surface area contributed by atoms with Crippen LogP contribution in [0.25, 0.3) is 0 Å². The van der Waals surface area contributed by atoms with Crippen LogP contribution in [-0.2, 0) is 13.0 Å². The minimum atomic E-state index is -0.896. The van der Waals surface area contributed by atoms with Gasteiger partial charge in [0, 0.05) is 17.6 Å². The van der Waals surface area contributed by atoms with Gasteiger partial charge in [0.25, 0.3) is 0 Å². The lowest BCUT2D eigenvalue weighted by atomic mass is 10.1. The maximum absolute atomic E-state index is 10.8. The van der Waals surface area contributed by atoms with Crippen molar-refractivity contribution in [1.82, 2.24) is 10.3 Å². The Morgan fingerprint density at radius 1 is 1.40 bits per heavy atom. The molecule has 0 amide bonds. The molecule has 1 heterocycles. The van der Waals surface area contributed by atoms with Gasteiger partial charge in [-0.2, -0.15) is 0 Å². The largest absolute Gasteiger partial charge is 0.478 e. The van der Waals surface area contributed by atoms with Crippen LogP contribution in [0.1, 0.15) is 45.7 Å². The summed E-state index contributed by atoms with van der Waals surface area (Å²) in [5, 5.41) is 13.3. The predicted octanol–water partition coefficient (Wildman–Crippen LogP) is 3.25. The molecule has 1 aromatic heterocycles. The van der Waals surface area contributed by atoms with E-state index in [-0.39, 0.29) is 6.04 Å². The van der Waals surface area contributed by atoms with Crippen molar-refractivity contribution in [3.8, 4) is 0 Å². The van der Waals surface area contributed by atoms with E-state index in [1.165, 1.54) is 4.88 Å².